The average Bonchev–Trinajstić information content (AvgIpc) is 3.00. The number of allylic oxidation sites excluding steroid dienone is 6. The third-order valence-electron chi connectivity index (χ3n) is 6.91. The summed E-state index contributed by atoms with van der Waals surface area (Å²) >= 11 is 0. The van der Waals surface area contributed by atoms with Crippen LogP contribution >= 0.6 is 0 Å². The lowest BCUT2D eigenvalue weighted by Gasteiger charge is -2.49. The van der Waals surface area contributed by atoms with Crippen LogP contribution in [0.3, 0.4) is 0 Å². The summed E-state index contributed by atoms with van der Waals surface area (Å²) in [4.78, 5) is 11.5. The van der Waals surface area contributed by atoms with Crippen molar-refractivity contribution in [2.75, 3.05) is 0 Å². The summed E-state index contributed by atoms with van der Waals surface area (Å²) in [7, 11) is 0. The van der Waals surface area contributed by atoms with Crippen molar-refractivity contribution >= 4 is 11.4 Å². The summed E-state index contributed by atoms with van der Waals surface area (Å²) in [5, 5.41) is 0. The zero-order valence-electron chi connectivity index (χ0n) is 20.2. The lowest BCUT2D eigenvalue weighted by Crippen LogP contribution is -2.47. The number of carbonyl (C=O) groups is 1. The summed E-state index contributed by atoms with van der Waals surface area (Å²) in [5.74, 6) is -60.8. The fourth-order valence-electron chi connectivity index (χ4n) is 5.11. The quantitative estimate of drug-likeness (QED) is 0.152. The summed E-state index contributed by atoms with van der Waals surface area (Å²) in [6.07, 6.45) is 0. The Hall–Kier alpha value is -4.71. The van der Waals surface area contributed by atoms with Gasteiger partial charge in [-0.2, -0.15) is 8.78 Å². The monoisotopic (exact) mass is 670 g/mol. The summed E-state index contributed by atoms with van der Waals surface area (Å²) in [6, 6.07) is 0. The van der Waals surface area contributed by atoms with Gasteiger partial charge in [0.05, 0.1) is 11.0 Å². The summed E-state index contributed by atoms with van der Waals surface area (Å²) in [6.45, 7) is 0. The molecule has 0 fully saturated rings. The number of fused-ring (bicyclic) bond motifs is 1. The molecule has 0 aromatic heterocycles. The molecule has 0 spiro atoms. The number of halogens is 18. The van der Waals surface area contributed by atoms with Gasteiger partial charge < -0.3 is 0 Å². The molecule has 0 saturated heterocycles. The van der Waals surface area contributed by atoms with Crippen molar-refractivity contribution in [2.45, 2.75) is 5.41 Å². The van der Waals surface area contributed by atoms with E-state index in [4.69, 9.17) is 0 Å². The molecular formula is C26F18O. The maximum absolute atomic E-state index is 15.4. The topological polar surface area (TPSA) is 17.1 Å². The van der Waals surface area contributed by atoms with Crippen LogP contribution in [0.2, 0.25) is 0 Å². The Kier molecular flexibility index (Phi) is 6.97. The molecule has 0 radical (unpaired) electrons. The van der Waals surface area contributed by atoms with Gasteiger partial charge in [-0.1, -0.05) is 0 Å². The molecule has 0 bridgehead atoms. The Morgan fingerprint density at radius 2 is 0.578 bits per heavy atom. The van der Waals surface area contributed by atoms with Crippen molar-refractivity contribution in [3.63, 3.8) is 0 Å². The van der Waals surface area contributed by atoms with Crippen molar-refractivity contribution in [2.24, 2.45) is 0 Å². The minimum atomic E-state index is -5.12. The predicted molar refractivity (Wildman–Crippen MR) is 109 cm³/mol. The molecule has 1 nitrogen and oxygen atoms in total. The molecule has 0 N–H and O–H groups in total. The summed E-state index contributed by atoms with van der Waals surface area (Å²) < 4.78 is 265. The number of Topliss-reactive ketones (excluding diaryl/α,β-unsaturated/α-hetero) is 1. The number of ketones is 1. The maximum Gasteiger partial charge on any atom is 0.255 e. The fourth-order valence-corrected chi connectivity index (χ4v) is 5.11. The van der Waals surface area contributed by atoms with Crippen LogP contribution in [-0.4, -0.2) is 5.78 Å². The molecule has 236 valence electrons. The van der Waals surface area contributed by atoms with E-state index in [9.17, 15) is 48.7 Å². The van der Waals surface area contributed by atoms with Gasteiger partial charge in [-0.3, -0.25) is 4.79 Å². The first-order chi connectivity index (χ1) is 20.8. The van der Waals surface area contributed by atoms with Crippen molar-refractivity contribution in [1.29, 1.82) is 0 Å². The lowest BCUT2D eigenvalue weighted by molar-refractivity contribution is -0.115. The molecule has 0 atom stereocenters. The van der Waals surface area contributed by atoms with Crippen LogP contribution in [0.4, 0.5) is 79.0 Å². The third-order valence-corrected chi connectivity index (χ3v) is 6.91. The van der Waals surface area contributed by atoms with Gasteiger partial charge in [0.15, 0.2) is 81.5 Å². The Morgan fingerprint density at radius 3 is 0.911 bits per heavy atom. The number of rotatable bonds is 2. The normalized spacial score (nSPS) is 16.2. The third kappa shape index (κ3) is 3.59. The van der Waals surface area contributed by atoms with E-state index in [1.807, 2.05) is 0 Å². The molecule has 3 aromatic carbocycles. The molecule has 45 heavy (non-hydrogen) atoms. The van der Waals surface area contributed by atoms with Crippen molar-refractivity contribution in [3.8, 4) is 0 Å². The molecule has 0 amide bonds. The zero-order chi connectivity index (χ0) is 33.9. The van der Waals surface area contributed by atoms with E-state index < -0.39 is 149 Å². The molecule has 5 rings (SSSR count). The highest BCUT2D eigenvalue weighted by molar-refractivity contribution is 6.11. The second-order valence-electron chi connectivity index (χ2n) is 8.98. The van der Waals surface area contributed by atoms with Crippen molar-refractivity contribution < 1.29 is 83.8 Å². The Bertz CT molecular complexity index is 1900. The SMILES string of the molecule is O=C1C(F)=C(F)C(=C2c3c(F)c(F)c(F)c(F)c3C2(c2c(F)c(F)c(F)c(F)c2F)c2c(F)c(F)c(F)c(F)c2F)C(F)=C1F. The second kappa shape index (κ2) is 9.90. The highest BCUT2D eigenvalue weighted by atomic mass is 19.2. The van der Waals surface area contributed by atoms with Gasteiger partial charge in [-0.15, -0.1) is 0 Å². The lowest BCUT2D eigenvalue weighted by atomic mass is 9.51. The van der Waals surface area contributed by atoms with Crippen LogP contribution in [0, 0.1) is 81.4 Å². The first kappa shape index (κ1) is 31.7. The molecule has 2 aliphatic rings. The molecule has 0 heterocycles. The number of carbonyl (C=O) groups excluding carboxylic acids is 1. The molecular weight excluding hydrogens is 670 g/mol. The second-order valence-corrected chi connectivity index (χ2v) is 8.98. The van der Waals surface area contributed by atoms with Gasteiger partial charge in [0.25, 0.3) is 5.78 Å². The number of hydrogen-bond acceptors (Lipinski definition) is 1. The van der Waals surface area contributed by atoms with Crippen LogP contribution in [-0.2, 0) is 10.2 Å². The largest absolute Gasteiger partial charge is 0.283 e. The van der Waals surface area contributed by atoms with E-state index >= 15 is 35.1 Å². The molecule has 19 heteroatoms. The van der Waals surface area contributed by atoms with E-state index in [0.29, 0.717) is 0 Å². The smallest absolute Gasteiger partial charge is 0.255 e. The highest BCUT2D eigenvalue weighted by Gasteiger charge is 2.64. The number of hydrogen-bond donors (Lipinski definition) is 0. The fraction of sp³-hybridized carbons (Fsp3) is 0.0385. The Balaban J connectivity index is 2.29. The van der Waals surface area contributed by atoms with E-state index in [-0.39, 0.29) is 0 Å². The van der Waals surface area contributed by atoms with E-state index in [1.54, 1.807) is 0 Å². The van der Waals surface area contributed by atoms with E-state index in [1.165, 1.54) is 0 Å². The van der Waals surface area contributed by atoms with Crippen LogP contribution in [0.1, 0.15) is 22.3 Å². The zero-order valence-corrected chi connectivity index (χ0v) is 20.2. The van der Waals surface area contributed by atoms with Gasteiger partial charge in [-0.25, -0.2) is 70.2 Å². The van der Waals surface area contributed by atoms with Crippen molar-refractivity contribution in [3.05, 3.63) is 133 Å². The predicted octanol–water partition coefficient (Wildman–Crippen LogP) is 8.62. The van der Waals surface area contributed by atoms with Crippen molar-refractivity contribution in [1.82, 2.24) is 0 Å². The molecule has 0 aliphatic heterocycles. The Morgan fingerprint density at radius 1 is 0.311 bits per heavy atom. The van der Waals surface area contributed by atoms with Crippen LogP contribution in [0.5, 0.6) is 0 Å². The van der Waals surface area contributed by atoms with Crippen LogP contribution in [0.25, 0.3) is 5.57 Å². The van der Waals surface area contributed by atoms with E-state index in [2.05, 4.69) is 0 Å². The molecule has 0 saturated carbocycles. The minimum Gasteiger partial charge on any atom is -0.283 e. The van der Waals surface area contributed by atoms with Gasteiger partial charge in [0.1, 0.15) is 0 Å². The first-order valence-corrected chi connectivity index (χ1v) is 11.1. The van der Waals surface area contributed by atoms with Gasteiger partial charge in [-0.05, 0) is 5.57 Å². The summed E-state index contributed by atoms with van der Waals surface area (Å²) in [5.41, 5.74) is -22.0. The van der Waals surface area contributed by atoms with E-state index in [0.717, 1.165) is 0 Å². The molecule has 2 aliphatic carbocycles. The Labute approximate surface area is 234 Å². The maximum atomic E-state index is 15.4. The van der Waals surface area contributed by atoms with Crippen LogP contribution in [0.15, 0.2) is 28.9 Å². The van der Waals surface area contributed by atoms with Gasteiger partial charge in [0, 0.05) is 22.3 Å². The first-order valence-electron chi connectivity index (χ1n) is 11.1. The highest BCUT2D eigenvalue weighted by Crippen LogP contribution is 2.66. The van der Waals surface area contributed by atoms with Crippen LogP contribution < -0.4 is 0 Å². The number of benzene rings is 3. The average molecular weight is 670 g/mol. The standard InChI is InChI=1S/C26F18O/c27-7-1-3(2-8(28)23(43)25(45)24(44)9(2)29)26(4(1)10(30)16(36)15(7)35,5-11(31)17(37)21(41)18(38)12(5)32)6-13(33)19(39)22(42)20(40)14(6)34. The molecule has 3 aromatic rings. The van der Waals surface area contributed by atoms with Gasteiger partial charge in [0.2, 0.25) is 23.3 Å². The minimum absolute atomic E-state index is 2.42. The van der Waals surface area contributed by atoms with Gasteiger partial charge >= 0.3 is 0 Å². The molecule has 0 unspecified atom stereocenters.